The molecule has 2 aliphatic rings. The summed E-state index contributed by atoms with van der Waals surface area (Å²) in [7, 11) is 0. The van der Waals surface area contributed by atoms with Crippen molar-refractivity contribution < 1.29 is 9.84 Å². The Labute approximate surface area is 177 Å². The molecule has 30 heavy (non-hydrogen) atoms. The van der Waals surface area contributed by atoms with Gasteiger partial charge in [0.1, 0.15) is 18.5 Å². The quantitative estimate of drug-likeness (QED) is 0.702. The second kappa shape index (κ2) is 7.36. The van der Waals surface area contributed by atoms with Crippen molar-refractivity contribution in [3.05, 3.63) is 59.5 Å². The van der Waals surface area contributed by atoms with Crippen LogP contribution in [0.4, 0.5) is 0 Å². The highest BCUT2D eigenvalue weighted by Crippen LogP contribution is 2.43. The van der Waals surface area contributed by atoms with Crippen molar-refractivity contribution in [3.63, 3.8) is 0 Å². The van der Waals surface area contributed by atoms with Gasteiger partial charge in [-0.3, -0.25) is 4.90 Å². The number of aromatic nitrogens is 3. The van der Waals surface area contributed by atoms with E-state index in [0.717, 1.165) is 36.4 Å². The predicted molar refractivity (Wildman–Crippen MR) is 116 cm³/mol. The lowest BCUT2D eigenvalue weighted by molar-refractivity contribution is 0.0446. The van der Waals surface area contributed by atoms with Crippen molar-refractivity contribution in [1.29, 1.82) is 0 Å². The smallest absolute Gasteiger partial charge is 0.155 e. The maximum Gasteiger partial charge on any atom is 0.155 e. The molecule has 0 aliphatic carbocycles. The fourth-order valence-electron chi connectivity index (χ4n) is 4.84. The lowest BCUT2D eigenvalue weighted by Crippen LogP contribution is -2.44. The molecule has 4 heterocycles. The average molecular weight is 407 g/mol. The Morgan fingerprint density at radius 3 is 2.77 bits per heavy atom. The number of rotatable bonds is 5. The highest BCUT2D eigenvalue weighted by atomic mass is 16.5. The Bertz CT molecular complexity index is 1040. The van der Waals surface area contributed by atoms with Gasteiger partial charge in [-0.05, 0) is 25.0 Å². The zero-order chi connectivity index (χ0) is 20.9. The first kappa shape index (κ1) is 19.5. The van der Waals surface area contributed by atoms with Crippen molar-refractivity contribution >= 4 is 5.65 Å². The number of hydrogen-bond donors (Lipinski definition) is 1. The van der Waals surface area contributed by atoms with Gasteiger partial charge in [-0.15, -0.1) is 0 Å². The number of aliphatic hydroxyl groups is 1. The van der Waals surface area contributed by atoms with E-state index < -0.39 is 6.10 Å². The lowest BCUT2D eigenvalue weighted by Gasteiger charge is -2.37. The monoisotopic (exact) mass is 406 g/mol. The minimum atomic E-state index is -0.524. The normalized spacial score (nSPS) is 22.3. The summed E-state index contributed by atoms with van der Waals surface area (Å²) >= 11 is 0. The highest BCUT2D eigenvalue weighted by molar-refractivity contribution is 5.45. The molecule has 2 aliphatic heterocycles. The largest absolute Gasteiger partial charge is 0.491 e. The number of benzene rings is 1. The van der Waals surface area contributed by atoms with E-state index in [1.807, 2.05) is 36.5 Å². The molecule has 6 heteroatoms. The van der Waals surface area contributed by atoms with Crippen LogP contribution in [0.3, 0.4) is 0 Å². The number of para-hydroxylation sites is 1. The maximum absolute atomic E-state index is 10.6. The van der Waals surface area contributed by atoms with E-state index >= 15 is 0 Å². The van der Waals surface area contributed by atoms with Crippen molar-refractivity contribution in [2.75, 3.05) is 13.2 Å². The minimum Gasteiger partial charge on any atom is -0.491 e. The van der Waals surface area contributed by atoms with Crippen molar-refractivity contribution in [2.24, 2.45) is 0 Å². The third kappa shape index (κ3) is 3.48. The average Bonchev–Trinajstić information content (AvgIpc) is 3.28. The molecule has 3 aromatic rings. The van der Waals surface area contributed by atoms with Gasteiger partial charge in [-0.25, -0.2) is 9.50 Å². The summed E-state index contributed by atoms with van der Waals surface area (Å²) in [6, 6.07) is 12.5. The topological polar surface area (TPSA) is 62.9 Å². The van der Waals surface area contributed by atoms with E-state index in [0.29, 0.717) is 25.2 Å². The third-order valence-electron chi connectivity index (χ3n) is 6.42. The molecule has 0 saturated carbocycles. The first-order valence-corrected chi connectivity index (χ1v) is 10.9. The molecule has 1 fully saturated rings. The molecule has 158 valence electrons. The van der Waals surface area contributed by atoms with Crippen LogP contribution in [0.25, 0.3) is 5.65 Å². The zero-order valence-electron chi connectivity index (χ0n) is 18.0. The molecule has 2 aromatic heterocycles. The molecule has 1 saturated heterocycles. The maximum atomic E-state index is 10.6. The Hall–Kier alpha value is -2.44. The second-order valence-electron chi connectivity index (χ2n) is 9.64. The highest BCUT2D eigenvalue weighted by Gasteiger charge is 2.42. The van der Waals surface area contributed by atoms with Gasteiger partial charge in [0.2, 0.25) is 0 Å². The van der Waals surface area contributed by atoms with E-state index in [1.54, 1.807) is 0 Å². The van der Waals surface area contributed by atoms with Gasteiger partial charge in [0.25, 0.3) is 0 Å². The van der Waals surface area contributed by atoms with Gasteiger partial charge in [-0.1, -0.05) is 39.0 Å². The van der Waals surface area contributed by atoms with E-state index in [1.165, 1.54) is 11.3 Å². The first-order valence-electron chi connectivity index (χ1n) is 10.9. The van der Waals surface area contributed by atoms with Gasteiger partial charge in [-0.2, -0.15) is 5.10 Å². The van der Waals surface area contributed by atoms with Gasteiger partial charge >= 0.3 is 0 Å². The molecule has 1 aromatic carbocycles. The Morgan fingerprint density at radius 1 is 1.20 bits per heavy atom. The number of aliphatic hydroxyl groups excluding tert-OH is 1. The van der Waals surface area contributed by atoms with Crippen LogP contribution in [-0.2, 0) is 11.8 Å². The van der Waals surface area contributed by atoms with Crippen LogP contribution in [0.1, 0.15) is 56.6 Å². The summed E-state index contributed by atoms with van der Waals surface area (Å²) in [5.74, 6) is 0.795. The molecular weight excluding hydrogens is 376 g/mol. The lowest BCUT2D eigenvalue weighted by atomic mass is 9.93. The van der Waals surface area contributed by atoms with E-state index in [2.05, 4.69) is 36.3 Å². The van der Waals surface area contributed by atoms with Gasteiger partial charge in [0, 0.05) is 48.3 Å². The number of fused-ring (bicyclic) bond motifs is 6. The summed E-state index contributed by atoms with van der Waals surface area (Å²) in [5, 5.41) is 15.5. The standard InChI is InChI=1S/C24H30N4O2/c1-24(2,3)22-12-23-25-13-19-20-10-9-16(11-21(19)28(23)26-22)27(20)14-17(29)15-30-18-7-5-4-6-8-18/h4-8,12-13,16-17,20,29H,9-11,14-15H2,1-3H3/t16-,17+,20+/m1/s1. The summed E-state index contributed by atoms with van der Waals surface area (Å²) in [6.45, 7) is 7.48. The van der Waals surface area contributed by atoms with Crippen LogP contribution in [0.2, 0.25) is 0 Å². The summed E-state index contributed by atoms with van der Waals surface area (Å²) in [5.41, 5.74) is 4.56. The number of hydrogen-bond acceptors (Lipinski definition) is 5. The molecule has 3 atom stereocenters. The van der Waals surface area contributed by atoms with Gasteiger partial charge in [0.15, 0.2) is 5.65 Å². The Balaban J connectivity index is 1.35. The van der Waals surface area contributed by atoms with Crippen LogP contribution in [-0.4, -0.2) is 49.9 Å². The van der Waals surface area contributed by atoms with Crippen molar-refractivity contribution in [3.8, 4) is 5.75 Å². The summed E-state index contributed by atoms with van der Waals surface area (Å²) in [6.07, 6.45) is 4.70. The van der Waals surface area contributed by atoms with Crippen molar-refractivity contribution in [2.45, 2.75) is 63.6 Å². The SMILES string of the molecule is CC(C)(C)c1cc2ncc3c(n2n1)C[C@H]1CC[C@@H]3N1C[C@H](O)COc1ccccc1. The van der Waals surface area contributed by atoms with Crippen LogP contribution in [0.5, 0.6) is 5.75 Å². The number of nitrogens with zero attached hydrogens (tertiary/aromatic N) is 4. The molecule has 0 unspecified atom stereocenters. The Morgan fingerprint density at radius 2 is 2.00 bits per heavy atom. The predicted octanol–water partition coefficient (Wildman–Crippen LogP) is 3.53. The summed E-state index contributed by atoms with van der Waals surface area (Å²) in [4.78, 5) is 7.17. The van der Waals surface area contributed by atoms with E-state index in [4.69, 9.17) is 14.8 Å². The van der Waals surface area contributed by atoms with E-state index in [9.17, 15) is 5.11 Å². The summed E-state index contributed by atoms with van der Waals surface area (Å²) < 4.78 is 7.82. The van der Waals surface area contributed by atoms with Crippen LogP contribution >= 0.6 is 0 Å². The molecule has 0 amide bonds. The fourth-order valence-corrected chi connectivity index (χ4v) is 4.84. The van der Waals surface area contributed by atoms with Crippen LogP contribution in [0, 0.1) is 0 Å². The minimum absolute atomic E-state index is 0.00311. The Kier molecular flexibility index (Phi) is 4.79. The van der Waals surface area contributed by atoms with E-state index in [-0.39, 0.29) is 5.41 Å². The van der Waals surface area contributed by atoms with Crippen molar-refractivity contribution in [1.82, 2.24) is 19.5 Å². The second-order valence-corrected chi connectivity index (χ2v) is 9.64. The van der Waals surface area contributed by atoms with Gasteiger partial charge < -0.3 is 9.84 Å². The number of ether oxygens (including phenoxy) is 1. The third-order valence-corrected chi connectivity index (χ3v) is 6.42. The molecule has 6 nitrogen and oxygen atoms in total. The molecule has 5 rings (SSSR count). The first-order chi connectivity index (χ1) is 14.4. The zero-order valence-corrected chi connectivity index (χ0v) is 18.0. The van der Waals surface area contributed by atoms with Crippen LogP contribution in [0.15, 0.2) is 42.6 Å². The molecule has 0 spiro atoms. The van der Waals surface area contributed by atoms with Gasteiger partial charge in [0.05, 0.1) is 11.4 Å². The molecule has 2 bridgehead atoms. The molecule has 0 radical (unpaired) electrons. The molecule has 1 N–H and O–H groups in total. The van der Waals surface area contributed by atoms with Crippen LogP contribution < -0.4 is 4.74 Å². The molecular formula is C24H30N4O2. The fraction of sp³-hybridized carbons (Fsp3) is 0.500.